The van der Waals surface area contributed by atoms with Crippen LogP contribution in [0, 0.1) is 0 Å². The number of nitrogens with zero attached hydrogens (tertiary/aromatic N) is 1. The van der Waals surface area contributed by atoms with Crippen LogP contribution in [0.3, 0.4) is 0 Å². The minimum atomic E-state index is -0.0737. The number of hydrogen-bond acceptors (Lipinski definition) is 1. The Bertz CT molecular complexity index is 72.1. The largest absolute Gasteiger partial charge is 0.199 e. The van der Waals surface area contributed by atoms with Crippen molar-refractivity contribution in [3.8, 4) is 0 Å². The molecule has 0 spiro atoms. The number of hydrogen-bond donors (Lipinski definition) is 0. The predicted molar refractivity (Wildman–Crippen MR) is 40.3 cm³/mol. The topological polar surface area (TPSA) is 9.23 Å². The van der Waals surface area contributed by atoms with Gasteiger partial charge in [0, 0.05) is 0 Å². The fourth-order valence-corrected chi connectivity index (χ4v) is 0.327. The Kier molecular flexibility index (Phi) is 2.94. The van der Waals surface area contributed by atoms with Gasteiger partial charge in [-0.1, -0.05) is 0 Å². The van der Waals surface area contributed by atoms with Gasteiger partial charge in [-0.25, -0.2) is 0 Å². The van der Waals surface area contributed by atoms with Crippen LogP contribution >= 0.6 is 21.0 Å². The molecule has 0 N–H and O–H groups in total. The van der Waals surface area contributed by atoms with Crippen LogP contribution in [-0.4, -0.2) is 28.6 Å². The van der Waals surface area contributed by atoms with Gasteiger partial charge in [-0.3, -0.25) is 0 Å². The SMILES string of the molecule is C=I[N+](C)(C)OC. The van der Waals surface area contributed by atoms with Gasteiger partial charge in [-0.2, -0.15) is 4.84 Å². The second-order valence-corrected chi connectivity index (χ2v) is 4.53. The third-order valence-corrected chi connectivity index (χ3v) is 2.76. The lowest BCUT2D eigenvalue weighted by molar-refractivity contribution is -0.925. The van der Waals surface area contributed by atoms with Crippen molar-refractivity contribution in [2.45, 2.75) is 0 Å². The van der Waals surface area contributed by atoms with Crippen LogP contribution in [0.5, 0.6) is 0 Å². The highest BCUT2D eigenvalue weighted by molar-refractivity contribution is 14.1. The number of hydroxylamine groups is 2. The van der Waals surface area contributed by atoms with Gasteiger partial charge < -0.3 is 0 Å². The quantitative estimate of drug-likeness (QED) is 0.379. The van der Waals surface area contributed by atoms with E-state index in [1.807, 2.05) is 14.1 Å². The summed E-state index contributed by atoms with van der Waals surface area (Å²) in [5.41, 5.74) is 0. The summed E-state index contributed by atoms with van der Waals surface area (Å²) in [6.07, 6.45) is 0. The van der Waals surface area contributed by atoms with Crippen molar-refractivity contribution in [2.75, 3.05) is 21.2 Å². The first-order chi connectivity index (χ1) is 3.12. The lowest BCUT2D eigenvalue weighted by Crippen LogP contribution is -2.25. The molecular weight excluding hydrogens is 205 g/mol. The van der Waals surface area contributed by atoms with Gasteiger partial charge in [-0.05, 0) is 4.51 Å². The first-order valence-electron chi connectivity index (χ1n) is 1.92. The summed E-state index contributed by atoms with van der Waals surface area (Å²) in [4.78, 5) is 5.01. The van der Waals surface area contributed by atoms with Crippen molar-refractivity contribution < 1.29 is 7.70 Å². The van der Waals surface area contributed by atoms with Gasteiger partial charge in [0.05, 0.1) is 7.11 Å². The maximum Gasteiger partial charge on any atom is 0.175 e. The fourth-order valence-electron chi connectivity index (χ4n) is 0.0488. The zero-order chi connectivity index (χ0) is 5.91. The van der Waals surface area contributed by atoms with Crippen molar-refractivity contribution in [3.05, 3.63) is 0 Å². The summed E-state index contributed by atoms with van der Waals surface area (Å²) in [5, 5.41) is 0. The summed E-state index contributed by atoms with van der Waals surface area (Å²) in [6.45, 7) is 0. The Morgan fingerprint density at radius 1 is 1.57 bits per heavy atom. The summed E-state index contributed by atoms with van der Waals surface area (Å²) >= 11 is -0.0737. The molecule has 0 saturated carbocycles. The van der Waals surface area contributed by atoms with Crippen LogP contribution in [0.15, 0.2) is 0 Å². The third-order valence-electron chi connectivity index (χ3n) is 0.722. The summed E-state index contributed by atoms with van der Waals surface area (Å²) < 4.78 is 4.42. The molecule has 0 aromatic heterocycles. The van der Waals surface area contributed by atoms with Gasteiger partial charge in [0.25, 0.3) is 0 Å². The average molecular weight is 216 g/mol. The molecule has 0 heterocycles. The minimum Gasteiger partial charge on any atom is -0.199 e. The Hall–Kier alpha value is 0.520. The molecule has 0 aromatic carbocycles. The molecule has 0 unspecified atom stereocenters. The third kappa shape index (κ3) is 3.13. The number of rotatable bonds is 2. The Morgan fingerprint density at radius 2 is 2.00 bits per heavy atom. The van der Waals surface area contributed by atoms with E-state index in [4.69, 9.17) is 4.84 Å². The Morgan fingerprint density at radius 3 is 2.00 bits per heavy atom. The highest BCUT2D eigenvalue weighted by Gasteiger charge is 2.06. The first kappa shape index (κ1) is 7.52. The molecule has 2 nitrogen and oxygen atoms in total. The highest BCUT2D eigenvalue weighted by Crippen LogP contribution is 2.10. The van der Waals surface area contributed by atoms with E-state index < -0.39 is 0 Å². The fraction of sp³-hybridized carbons (Fsp3) is 0.750. The maximum atomic E-state index is 5.01. The molecule has 0 aliphatic heterocycles. The van der Waals surface area contributed by atoms with Crippen LogP contribution in [-0.2, 0) is 4.84 Å². The van der Waals surface area contributed by atoms with Gasteiger partial charge in [0.2, 0.25) is 0 Å². The van der Waals surface area contributed by atoms with Crippen molar-refractivity contribution >= 4 is 25.5 Å². The van der Waals surface area contributed by atoms with Crippen molar-refractivity contribution in [1.82, 2.24) is 0 Å². The van der Waals surface area contributed by atoms with Crippen molar-refractivity contribution in [2.24, 2.45) is 0 Å². The molecule has 0 aliphatic carbocycles. The first-order valence-corrected chi connectivity index (χ1v) is 4.41. The average Bonchev–Trinajstić information content (AvgIpc) is 1.68. The summed E-state index contributed by atoms with van der Waals surface area (Å²) in [5.74, 6) is 0. The van der Waals surface area contributed by atoms with E-state index in [1.54, 1.807) is 7.11 Å². The minimum absolute atomic E-state index is 0.0737. The molecule has 0 atom stereocenters. The Labute approximate surface area is 54.7 Å². The zero-order valence-corrected chi connectivity index (χ0v) is 7.10. The summed E-state index contributed by atoms with van der Waals surface area (Å²) in [7, 11) is 5.70. The molecule has 7 heavy (non-hydrogen) atoms. The smallest absolute Gasteiger partial charge is 0.175 e. The second-order valence-electron chi connectivity index (χ2n) is 1.52. The highest BCUT2D eigenvalue weighted by atomic mass is 127. The molecule has 44 valence electrons. The van der Waals surface area contributed by atoms with E-state index >= 15 is 0 Å². The maximum absolute atomic E-state index is 5.01. The number of halogens is 1. The molecule has 3 heteroatoms. The van der Waals surface area contributed by atoms with Gasteiger partial charge >= 0.3 is 0 Å². The van der Waals surface area contributed by atoms with Gasteiger partial charge in [-0.15, -0.1) is 2.86 Å². The van der Waals surface area contributed by atoms with Crippen LogP contribution in [0.4, 0.5) is 0 Å². The summed E-state index contributed by atoms with van der Waals surface area (Å²) in [6, 6.07) is 0. The lowest BCUT2D eigenvalue weighted by Gasteiger charge is -2.16. The molecular formula is C4H11INO+. The van der Waals surface area contributed by atoms with Crippen molar-refractivity contribution in [3.63, 3.8) is 0 Å². The van der Waals surface area contributed by atoms with E-state index in [1.165, 1.54) is 0 Å². The van der Waals surface area contributed by atoms with Gasteiger partial charge in [0.15, 0.2) is 21.0 Å². The van der Waals surface area contributed by atoms with Crippen LogP contribution in [0.25, 0.3) is 0 Å². The van der Waals surface area contributed by atoms with Crippen molar-refractivity contribution in [1.29, 1.82) is 0 Å². The standard InChI is InChI=1S/C4H11INO/c1-5-6(2,3)7-4/h1H2,2-4H3/q+1. The molecule has 0 bridgehead atoms. The molecule has 0 radical (unpaired) electrons. The van der Waals surface area contributed by atoms with E-state index in [9.17, 15) is 0 Å². The molecule has 0 amide bonds. The molecule has 0 aliphatic rings. The molecule has 0 aromatic rings. The van der Waals surface area contributed by atoms with Gasteiger partial charge in [0.1, 0.15) is 14.1 Å². The van der Waals surface area contributed by atoms with Crippen LogP contribution in [0.2, 0.25) is 0 Å². The molecule has 0 saturated heterocycles. The lowest BCUT2D eigenvalue weighted by atomic mass is 11.2. The van der Waals surface area contributed by atoms with E-state index in [2.05, 4.69) is 4.51 Å². The predicted octanol–water partition coefficient (Wildman–Crippen LogP) is 0.942. The van der Waals surface area contributed by atoms with Crippen LogP contribution in [0.1, 0.15) is 0 Å². The molecule has 0 rings (SSSR count). The molecule has 0 fully saturated rings. The number of quaternary nitrogens is 1. The second kappa shape index (κ2) is 2.74. The van der Waals surface area contributed by atoms with E-state index in [0.717, 1.165) is 0 Å². The monoisotopic (exact) mass is 216 g/mol. The van der Waals surface area contributed by atoms with E-state index in [0.29, 0.717) is 2.86 Å². The Balaban J connectivity index is 3.58. The van der Waals surface area contributed by atoms with Crippen LogP contribution < -0.4 is 0 Å². The normalized spacial score (nSPS) is 11.9. The van der Waals surface area contributed by atoms with E-state index in [-0.39, 0.29) is 21.0 Å². The zero-order valence-electron chi connectivity index (χ0n) is 4.94.